The third-order valence-corrected chi connectivity index (χ3v) is 6.43. The molecule has 22 heavy (non-hydrogen) atoms. The van der Waals surface area contributed by atoms with Crippen LogP contribution < -0.4 is 5.32 Å². The molecule has 0 spiro atoms. The van der Waals surface area contributed by atoms with Gasteiger partial charge in [0, 0.05) is 23.7 Å². The van der Waals surface area contributed by atoms with Crippen molar-refractivity contribution in [2.75, 3.05) is 0 Å². The Hall–Kier alpha value is -1.41. The summed E-state index contributed by atoms with van der Waals surface area (Å²) in [4.78, 5) is 4.49. The largest absolute Gasteiger partial charge is 0.307 e. The summed E-state index contributed by atoms with van der Waals surface area (Å²) in [6.45, 7) is 0.995. The molecule has 4 aliphatic rings. The monoisotopic (exact) mass is 292 g/mol. The summed E-state index contributed by atoms with van der Waals surface area (Å²) < 4.78 is 0. The lowest BCUT2D eigenvalue weighted by molar-refractivity contribution is -0.0205. The molecule has 2 aromatic rings. The summed E-state index contributed by atoms with van der Waals surface area (Å²) in [5, 5.41) is 5.32. The molecule has 114 valence electrons. The SMILES string of the molecule is c1ccc2c(CNC34CC5CC(CC(C5)C3)C4)ccnc2c1. The van der Waals surface area contributed by atoms with E-state index in [-0.39, 0.29) is 0 Å². The zero-order chi connectivity index (χ0) is 14.6. The fourth-order valence-electron chi connectivity index (χ4n) is 5.92. The van der Waals surface area contributed by atoms with Crippen molar-refractivity contribution in [3.05, 3.63) is 42.1 Å². The van der Waals surface area contributed by atoms with Gasteiger partial charge in [-0.1, -0.05) is 18.2 Å². The maximum absolute atomic E-state index is 4.49. The summed E-state index contributed by atoms with van der Waals surface area (Å²) in [5.41, 5.74) is 2.97. The fourth-order valence-corrected chi connectivity index (χ4v) is 5.92. The maximum Gasteiger partial charge on any atom is 0.0705 e. The molecule has 1 aromatic carbocycles. The smallest absolute Gasteiger partial charge is 0.0705 e. The van der Waals surface area contributed by atoms with Gasteiger partial charge in [0.05, 0.1) is 5.52 Å². The summed E-state index contributed by atoms with van der Waals surface area (Å²) in [6.07, 6.45) is 10.8. The van der Waals surface area contributed by atoms with Crippen LogP contribution in [0.5, 0.6) is 0 Å². The highest BCUT2D eigenvalue weighted by molar-refractivity contribution is 5.81. The predicted molar refractivity (Wildman–Crippen MR) is 89.5 cm³/mol. The molecule has 1 N–H and O–H groups in total. The van der Waals surface area contributed by atoms with Crippen molar-refractivity contribution < 1.29 is 0 Å². The summed E-state index contributed by atoms with van der Waals surface area (Å²) >= 11 is 0. The predicted octanol–water partition coefficient (Wildman–Crippen LogP) is 4.29. The van der Waals surface area contributed by atoms with Crippen molar-refractivity contribution in [3.8, 4) is 0 Å². The van der Waals surface area contributed by atoms with E-state index in [0.29, 0.717) is 5.54 Å². The van der Waals surface area contributed by atoms with Gasteiger partial charge in [0.25, 0.3) is 0 Å². The Bertz CT molecular complexity index is 665. The molecule has 4 saturated carbocycles. The molecular weight excluding hydrogens is 268 g/mol. The van der Waals surface area contributed by atoms with Crippen LogP contribution >= 0.6 is 0 Å². The van der Waals surface area contributed by atoms with Gasteiger partial charge in [0.1, 0.15) is 0 Å². The highest BCUT2D eigenvalue weighted by Gasteiger charge is 2.50. The van der Waals surface area contributed by atoms with Gasteiger partial charge in [-0.05, 0) is 74.0 Å². The van der Waals surface area contributed by atoms with E-state index in [4.69, 9.17) is 0 Å². The van der Waals surface area contributed by atoms with Crippen LogP contribution in [0, 0.1) is 17.8 Å². The van der Waals surface area contributed by atoms with Gasteiger partial charge in [-0.15, -0.1) is 0 Å². The van der Waals surface area contributed by atoms with E-state index in [2.05, 4.69) is 40.6 Å². The van der Waals surface area contributed by atoms with E-state index < -0.39 is 0 Å². The number of fused-ring (bicyclic) bond motifs is 1. The zero-order valence-corrected chi connectivity index (χ0v) is 13.1. The first-order chi connectivity index (χ1) is 10.8. The van der Waals surface area contributed by atoms with E-state index in [1.165, 1.54) is 49.5 Å². The molecule has 0 unspecified atom stereocenters. The van der Waals surface area contributed by atoms with Crippen LogP contribution in [0.3, 0.4) is 0 Å². The van der Waals surface area contributed by atoms with Crippen molar-refractivity contribution in [2.24, 2.45) is 17.8 Å². The molecule has 4 aliphatic carbocycles. The standard InChI is InChI=1S/C20H24N2/c1-2-4-19-18(3-1)17(5-6-21-19)13-22-20-10-14-7-15(11-20)9-16(8-14)12-20/h1-6,14-16,22H,7-13H2. The first kappa shape index (κ1) is 13.1. The Morgan fingerprint density at radius 3 is 2.36 bits per heavy atom. The number of benzene rings is 1. The van der Waals surface area contributed by atoms with Gasteiger partial charge in [0.15, 0.2) is 0 Å². The number of hydrogen-bond donors (Lipinski definition) is 1. The summed E-state index contributed by atoms with van der Waals surface area (Å²) in [7, 11) is 0. The number of aromatic nitrogens is 1. The minimum Gasteiger partial charge on any atom is -0.307 e. The Labute approximate surface area is 132 Å². The second kappa shape index (κ2) is 4.79. The normalized spacial score (nSPS) is 36.1. The van der Waals surface area contributed by atoms with Crippen LogP contribution in [0.15, 0.2) is 36.5 Å². The second-order valence-corrected chi connectivity index (χ2v) is 8.04. The second-order valence-electron chi connectivity index (χ2n) is 8.04. The molecule has 0 aliphatic heterocycles. The van der Waals surface area contributed by atoms with Crippen molar-refractivity contribution in [1.82, 2.24) is 10.3 Å². The molecule has 4 bridgehead atoms. The Balaban J connectivity index is 1.40. The summed E-state index contributed by atoms with van der Waals surface area (Å²) in [5.74, 6) is 3.02. The molecule has 2 heteroatoms. The minimum atomic E-state index is 0.444. The minimum absolute atomic E-state index is 0.444. The van der Waals surface area contributed by atoms with Gasteiger partial charge < -0.3 is 5.32 Å². The van der Waals surface area contributed by atoms with Gasteiger partial charge in [-0.2, -0.15) is 0 Å². The van der Waals surface area contributed by atoms with Crippen LogP contribution in [0.4, 0.5) is 0 Å². The zero-order valence-electron chi connectivity index (χ0n) is 13.1. The van der Waals surface area contributed by atoms with Crippen molar-refractivity contribution in [1.29, 1.82) is 0 Å². The Kier molecular flexibility index (Phi) is 2.85. The van der Waals surface area contributed by atoms with Gasteiger partial charge >= 0.3 is 0 Å². The van der Waals surface area contributed by atoms with Crippen LogP contribution in [0.25, 0.3) is 10.9 Å². The first-order valence-electron chi connectivity index (χ1n) is 8.87. The third-order valence-electron chi connectivity index (χ3n) is 6.43. The van der Waals surface area contributed by atoms with E-state index >= 15 is 0 Å². The quantitative estimate of drug-likeness (QED) is 0.912. The average molecular weight is 292 g/mol. The lowest BCUT2D eigenvalue weighted by Gasteiger charge is -2.57. The van der Waals surface area contributed by atoms with Crippen LogP contribution in [-0.2, 0) is 6.54 Å². The molecule has 1 heterocycles. The number of hydrogen-bond acceptors (Lipinski definition) is 2. The molecular formula is C20H24N2. The number of rotatable bonds is 3. The molecule has 4 fully saturated rings. The van der Waals surface area contributed by atoms with E-state index in [0.717, 1.165) is 29.8 Å². The van der Waals surface area contributed by atoms with E-state index in [1.807, 2.05) is 6.20 Å². The molecule has 0 amide bonds. The van der Waals surface area contributed by atoms with Gasteiger partial charge in [-0.25, -0.2) is 0 Å². The van der Waals surface area contributed by atoms with Crippen molar-refractivity contribution >= 4 is 10.9 Å². The van der Waals surface area contributed by atoms with E-state index in [1.54, 1.807) is 0 Å². The van der Waals surface area contributed by atoms with Crippen LogP contribution in [0.1, 0.15) is 44.1 Å². The molecule has 1 aromatic heterocycles. The molecule has 0 saturated heterocycles. The van der Waals surface area contributed by atoms with E-state index in [9.17, 15) is 0 Å². The Morgan fingerprint density at radius 1 is 0.955 bits per heavy atom. The maximum atomic E-state index is 4.49. The highest BCUT2D eigenvalue weighted by Crippen LogP contribution is 2.55. The highest BCUT2D eigenvalue weighted by atomic mass is 15.0. The lowest BCUT2D eigenvalue weighted by atomic mass is 9.53. The third kappa shape index (κ3) is 2.08. The molecule has 6 rings (SSSR count). The number of para-hydroxylation sites is 1. The first-order valence-corrected chi connectivity index (χ1v) is 8.87. The van der Waals surface area contributed by atoms with Crippen LogP contribution in [0.2, 0.25) is 0 Å². The molecule has 2 nitrogen and oxygen atoms in total. The number of pyridine rings is 1. The Morgan fingerprint density at radius 2 is 1.64 bits per heavy atom. The van der Waals surface area contributed by atoms with Gasteiger partial charge in [-0.3, -0.25) is 4.98 Å². The topological polar surface area (TPSA) is 24.9 Å². The number of nitrogens with zero attached hydrogens (tertiary/aromatic N) is 1. The van der Waals surface area contributed by atoms with Crippen molar-refractivity contribution in [2.45, 2.75) is 50.6 Å². The average Bonchev–Trinajstić information content (AvgIpc) is 2.52. The fraction of sp³-hybridized carbons (Fsp3) is 0.550. The molecule has 0 radical (unpaired) electrons. The molecule has 0 atom stereocenters. The lowest BCUT2D eigenvalue weighted by Crippen LogP contribution is -2.58. The van der Waals surface area contributed by atoms with Crippen molar-refractivity contribution in [3.63, 3.8) is 0 Å². The van der Waals surface area contributed by atoms with Gasteiger partial charge in [0.2, 0.25) is 0 Å². The van der Waals surface area contributed by atoms with Crippen LogP contribution in [-0.4, -0.2) is 10.5 Å². The number of nitrogens with one attached hydrogen (secondary N) is 1. The summed E-state index contributed by atoms with van der Waals surface area (Å²) in [6, 6.07) is 10.7.